The number of imidazole rings is 1. The lowest BCUT2D eigenvalue weighted by atomic mass is 10.2. The van der Waals surface area contributed by atoms with Crippen LogP contribution in [0, 0.1) is 0 Å². The molecule has 0 aliphatic heterocycles. The Morgan fingerprint density at radius 1 is 1.41 bits per heavy atom. The summed E-state index contributed by atoms with van der Waals surface area (Å²) in [6.07, 6.45) is 3.84. The topological polar surface area (TPSA) is 29.9 Å². The summed E-state index contributed by atoms with van der Waals surface area (Å²) in [6.45, 7) is 7.40. The van der Waals surface area contributed by atoms with E-state index in [4.69, 9.17) is 0 Å². The molecule has 3 nitrogen and oxygen atoms in total. The van der Waals surface area contributed by atoms with Crippen LogP contribution >= 0.6 is 11.3 Å². The van der Waals surface area contributed by atoms with Gasteiger partial charge in [0, 0.05) is 29.7 Å². The predicted molar refractivity (Wildman–Crippen MR) is 72.2 cm³/mol. The zero-order valence-corrected chi connectivity index (χ0v) is 11.4. The highest BCUT2D eigenvalue weighted by molar-refractivity contribution is 7.10. The highest BCUT2D eigenvalue weighted by Crippen LogP contribution is 2.19. The van der Waals surface area contributed by atoms with Crippen LogP contribution in [0.3, 0.4) is 0 Å². The Bertz CT molecular complexity index is 445. The lowest BCUT2D eigenvalue weighted by molar-refractivity contribution is 0.522. The van der Waals surface area contributed by atoms with Crippen LogP contribution in [0.25, 0.3) is 0 Å². The van der Waals surface area contributed by atoms with Crippen LogP contribution in [0.1, 0.15) is 43.4 Å². The zero-order valence-electron chi connectivity index (χ0n) is 10.6. The van der Waals surface area contributed by atoms with E-state index in [0.29, 0.717) is 12.1 Å². The first-order valence-electron chi connectivity index (χ1n) is 5.96. The quantitative estimate of drug-likeness (QED) is 0.880. The molecule has 0 fully saturated rings. The molecule has 0 radical (unpaired) electrons. The molecule has 0 saturated carbocycles. The molecule has 0 amide bonds. The second kappa shape index (κ2) is 5.47. The van der Waals surface area contributed by atoms with Gasteiger partial charge in [-0.1, -0.05) is 6.07 Å². The molecule has 0 aromatic carbocycles. The number of thiophene rings is 1. The van der Waals surface area contributed by atoms with Crippen LogP contribution in [-0.2, 0) is 6.54 Å². The van der Waals surface area contributed by atoms with Crippen molar-refractivity contribution < 1.29 is 0 Å². The van der Waals surface area contributed by atoms with Crippen molar-refractivity contribution in [2.24, 2.45) is 0 Å². The minimum absolute atomic E-state index is 0.394. The van der Waals surface area contributed by atoms with E-state index in [1.807, 2.05) is 12.5 Å². The standard InChI is InChI=1S/C13H19N3S/c1-10(2)16-9-14-7-12(16)8-15-11(3)13-5-4-6-17-13/h4-7,9-11,15H,8H2,1-3H3. The molecule has 0 saturated heterocycles. The van der Waals surface area contributed by atoms with E-state index < -0.39 is 0 Å². The van der Waals surface area contributed by atoms with Crippen LogP contribution in [0.15, 0.2) is 30.0 Å². The van der Waals surface area contributed by atoms with Crippen molar-refractivity contribution in [1.29, 1.82) is 0 Å². The zero-order chi connectivity index (χ0) is 12.3. The van der Waals surface area contributed by atoms with Gasteiger partial charge in [-0.2, -0.15) is 0 Å². The van der Waals surface area contributed by atoms with Crippen LogP contribution in [-0.4, -0.2) is 9.55 Å². The first-order valence-corrected chi connectivity index (χ1v) is 6.84. The predicted octanol–water partition coefficient (Wildman–Crippen LogP) is 3.38. The molecule has 2 aromatic rings. The number of nitrogens with one attached hydrogen (secondary N) is 1. The molecule has 0 aliphatic carbocycles. The van der Waals surface area contributed by atoms with E-state index in [-0.39, 0.29) is 0 Å². The van der Waals surface area contributed by atoms with Gasteiger partial charge in [-0.05, 0) is 32.2 Å². The fourth-order valence-electron chi connectivity index (χ4n) is 1.83. The minimum atomic E-state index is 0.394. The summed E-state index contributed by atoms with van der Waals surface area (Å²) < 4.78 is 2.20. The Balaban J connectivity index is 1.96. The Kier molecular flexibility index (Phi) is 3.97. The Morgan fingerprint density at radius 2 is 2.24 bits per heavy atom. The molecular formula is C13H19N3S. The molecule has 1 atom stereocenters. The second-order valence-corrected chi connectivity index (χ2v) is 5.48. The lowest BCUT2D eigenvalue weighted by Gasteiger charge is -2.15. The van der Waals surface area contributed by atoms with Gasteiger partial charge in [-0.15, -0.1) is 11.3 Å². The van der Waals surface area contributed by atoms with Gasteiger partial charge in [0.1, 0.15) is 0 Å². The SMILES string of the molecule is CC(NCc1cncn1C(C)C)c1cccs1. The summed E-state index contributed by atoms with van der Waals surface area (Å²) in [5, 5.41) is 5.65. The Hall–Kier alpha value is -1.13. The van der Waals surface area contributed by atoms with Gasteiger partial charge >= 0.3 is 0 Å². The number of nitrogens with zero attached hydrogens (tertiary/aromatic N) is 2. The van der Waals surface area contributed by atoms with Gasteiger partial charge in [-0.25, -0.2) is 4.98 Å². The molecule has 92 valence electrons. The first-order chi connectivity index (χ1) is 8.18. The fraction of sp³-hybridized carbons (Fsp3) is 0.462. The van der Waals surface area contributed by atoms with Crippen molar-refractivity contribution >= 4 is 11.3 Å². The number of hydrogen-bond acceptors (Lipinski definition) is 3. The van der Waals surface area contributed by atoms with E-state index in [0.717, 1.165) is 6.54 Å². The summed E-state index contributed by atoms with van der Waals surface area (Å²) in [6, 6.07) is 5.12. The summed E-state index contributed by atoms with van der Waals surface area (Å²) in [5.41, 5.74) is 1.24. The van der Waals surface area contributed by atoms with E-state index in [1.165, 1.54) is 10.6 Å². The van der Waals surface area contributed by atoms with Crippen molar-refractivity contribution in [1.82, 2.24) is 14.9 Å². The maximum atomic E-state index is 4.21. The molecule has 0 aliphatic rings. The molecule has 2 rings (SSSR count). The van der Waals surface area contributed by atoms with Crippen molar-refractivity contribution in [2.45, 2.75) is 39.4 Å². The summed E-state index contributed by atoms with van der Waals surface area (Å²) in [7, 11) is 0. The third kappa shape index (κ3) is 2.96. The van der Waals surface area contributed by atoms with Gasteiger partial charge in [-0.3, -0.25) is 0 Å². The van der Waals surface area contributed by atoms with Crippen LogP contribution in [0.5, 0.6) is 0 Å². The fourth-order valence-corrected chi connectivity index (χ4v) is 2.59. The normalized spacial score (nSPS) is 13.2. The highest BCUT2D eigenvalue weighted by atomic mass is 32.1. The number of rotatable bonds is 5. The van der Waals surface area contributed by atoms with E-state index in [1.54, 1.807) is 11.3 Å². The Morgan fingerprint density at radius 3 is 2.88 bits per heavy atom. The Labute approximate surface area is 107 Å². The van der Waals surface area contributed by atoms with Crippen molar-refractivity contribution in [2.75, 3.05) is 0 Å². The number of hydrogen-bond donors (Lipinski definition) is 1. The van der Waals surface area contributed by atoms with E-state index >= 15 is 0 Å². The van der Waals surface area contributed by atoms with E-state index in [2.05, 4.69) is 53.2 Å². The van der Waals surface area contributed by atoms with Gasteiger partial charge in [0.25, 0.3) is 0 Å². The summed E-state index contributed by atoms with van der Waals surface area (Å²) in [4.78, 5) is 5.59. The third-order valence-corrected chi connectivity index (χ3v) is 3.92. The monoisotopic (exact) mass is 249 g/mol. The number of aromatic nitrogens is 2. The molecule has 17 heavy (non-hydrogen) atoms. The second-order valence-electron chi connectivity index (χ2n) is 4.50. The molecule has 2 heterocycles. The average molecular weight is 249 g/mol. The molecular weight excluding hydrogens is 230 g/mol. The molecule has 2 aromatic heterocycles. The maximum Gasteiger partial charge on any atom is 0.0951 e. The van der Waals surface area contributed by atoms with Gasteiger partial charge in [0.05, 0.1) is 12.0 Å². The lowest BCUT2D eigenvalue weighted by Crippen LogP contribution is -2.19. The van der Waals surface area contributed by atoms with Gasteiger partial charge < -0.3 is 9.88 Å². The summed E-state index contributed by atoms with van der Waals surface area (Å²) >= 11 is 1.79. The van der Waals surface area contributed by atoms with Crippen LogP contribution in [0.2, 0.25) is 0 Å². The molecule has 4 heteroatoms. The smallest absolute Gasteiger partial charge is 0.0951 e. The van der Waals surface area contributed by atoms with Crippen LogP contribution in [0.4, 0.5) is 0 Å². The maximum absolute atomic E-state index is 4.21. The van der Waals surface area contributed by atoms with Crippen molar-refractivity contribution in [3.05, 3.63) is 40.6 Å². The van der Waals surface area contributed by atoms with Gasteiger partial charge in [0.15, 0.2) is 0 Å². The summed E-state index contributed by atoms with van der Waals surface area (Å²) in [5.74, 6) is 0. The molecule has 1 N–H and O–H groups in total. The third-order valence-electron chi connectivity index (χ3n) is 2.86. The average Bonchev–Trinajstić information content (AvgIpc) is 2.96. The molecule has 1 unspecified atom stereocenters. The van der Waals surface area contributed by atoms with Crippen LogP contribution < -0.4 is 5.32 Å². The minimum Gasteiger partial charge on any atom is -0.331 e. The first kappa shape index (κ1) is 12.3. The van der Waals surface area contributed by atoms with Crippen molar-refractivity contribution in [3.63, 3.8) is 0 Å². The van der Waals surface area contributed by atoms with E-state index in [9.17, 15) is 0 Å². The van der Waals surface area contributed by atoms with Gasteiger partial charge in [0.2, 0.25) is 0 Å². The largest absolute Gasteiger partial charge is 0.331 e. The van der Waals surface area contributed by atoms with Crippen molar-refractivity contribution in [3.8, 4) is 0 Å². The highest BCUT2D eigenvalue weighted by Gasteiger charge is 2.09. The molecule has 0 bridgehead atoms. The molecule has 0 spiro atoms.